The Balaban J connectivity index is 1.14. The van der Waals surface area contributed by atoms with Crippen molar-refractivity contribution < 1.29 is 19.1 Å². The number of carbonyl (C=O) groups is 3. The van der Waals surface area contributed by atoms with Crippen LogP contribution >= 0.6 is 0 Å². The number of piperazine rings is 1. The van der Waals surface area contributed by atoms with Gasteiger partial charge in [0, 0.05) is 38.8 Å². The van der Waals surface area contributed by atoms with E-state index < -0.39 is 6.03 Å². The van der Waals surface area contributed by atoms with Gasteiger partial charge in [-0.3, -0.25) is 19.8 Å². The molecule has 0 unspecified atom stereocenters. The van der Waals surface area contributed by atoms with Gasteiger partial charge in [0.2, 0.25) is 5.91 Å². The lowest BCUT2D eigenvalue weighted by Gasteiger charge is -2.35. The fraction of sp³-hybridized carbons (Fsp3) is 0.857. The summed E-state index contributed by atoms with van der Waals surface area (Å²) in [7, 11) is 0. The van der Waals surface area contributed by atoms with E-state index >= 15 is 0 Å². The smallest absolute Gasteiger partial charge is 0.321 e. The van der Waals surface area contributed by atoms with E-state index in [2.05, 4.69) is 17.6 Å². The molecule has 2 aliphatic carbocycles. The molecule has 5 atom stereocenters. The third-order valence-electron chi connectivity index (χ3n) is 7.30. The Morgan fingerprint density at radius 2 is 1.86 bits per heavy atom. The molecule has 8 heteroatoms. The topological polar surface area (TPSA) is 91.0 Å². The molecule has 2 heterocycles. The summed E-state index contributed by atoms with van der Waals surface area (Å²) >= 11 is 0. The summed E-state index contributed by atoms with van der Waals surface area (Å²) < 4.78 is 5.47. The van der Waals surface area contributed by atoms with E-state index in [0.29, 0.717) is 38.7 Å². The summed E-state index contributed by atoms with van der Waals surface area (Å²) in [5.41, 5.74) is 0. The van der Waals surface area contributed by atoms with Crippen molar-refractivity contribution in [2.75, 3.05) is 39.3 Å². The molecule has 4 fully saturated rings. The SMILES string of the molecule is C[C@H](NC(=O)NC(=O)CN1CCN(C(=O)[C@@H]2CCCO2)CC1)[C@@H]1C[C@H]2CC[C@H]1C2. The van der Waals surface area contributed by atoms with Crippen molar-refractivity contribution in [1.82, 2.24) is 20.4 Å². The summed E-state index contributed by atoms with van der Waals surface area (Å²) in [5.74, 6) is 1.90. The Bertz CT molecular complexity index is 628. The van der Waals surface area contributed by atoms with Crippen LogP contribution in [0, 0.1) is 17.8 Å². The van der Waals surface area contributed by atoms with Crippen LogP contribution in [-0.2, 0) is 14.3 Å². The highest BCUT2D eigenvalue weighted by atomic mass is 16.5. The first-order valence-corrected chi connectivity index (χ1v) is 11.2. The van der Waals surface area contributed by atoms with Crippen molar-refractivity contribution in [3.05, 3.63) is 0 Å². The molecule has 0 aromatic rings. The van der Waals surface area contributed by atoms with Gasteiger partial charge in [0.05, 0.1) is 6.54 Å². The molecular weight excluding hydrogens is 372 g/mol. The van der Waals surface area contributed by atoms with E-state index in [1.165, 1.54) is 25.7 Å². The normalized spacial score (nSPS) is 32.9. The van der Waals surface area contributed by atoms with Gasteiger partial charge in [-0.1, -0.05) is 6.42 Å². The first kappa shape index (κ1) is 20.6. The molecule has 2 N–H and O–H groups in total. The number of nitrogens with one attached hydrogen (secondary N) is 2. The van der Waals surface area contributed by atoms with Crippen molar-refractivity contribution in [3.8, 4) is 0 Å². The summed E-state index contributed by atoms with van der Waals surface area (Å²) in [6, 6.07) is -0.289. The molecule has 4 rings (SSSR count). The second-order valence-electron chi connectivity index (χ2n) is 9.25. The molecule has 0 aromatic carbocycles. The Morgan fingerprint density at radius 3 is 2.48 bits per heavy atom. The van der Waals surface area contributed by atoms with Crippen molar-refractivity contribution >= 4 is 17.8 Å². The number of rotatable bonds is 5. The Hall–Kier alpha value is -1.67. The Kier molecular flexibility index (Phi) is 6.39. The molecule has 0 aromatic heterocycles. The van der Waals surface area contributed by atoms with Crippen LogP contribution < -0.4 is 10.6 Å². The number of imide groups is 1. The second-order valence-corrected chi connectivity index (χ2v) is 9.25. The maximum atomic E-state index is 12.4. The minimum absolute atomic E-state index is 0.0700. The van der Waals surface area contributed by atoms with E-state index in [0.717, 1.165) is 24.7 Å². The predicted octanol–water partition coefficient (Wildman–Crippen LogP) is 0.960. The number of urea groups is 1. The van der Waals surface area contributed by atoms with Crippen molar-refractivity contribution in [2.24, 2.45) is 17.8 Å². The zero-order valence-electron chi connectivity index (χ0n) is 17.4. The average Bonchev–Trinajstić information content (AvgIpc) is 3.45. The number of nitrogens with zero attached hydrogens (tertiary/aromatic N) is 2. The van der Waals surface area contributed by atoms with Gasteiger partial charge < -0.3 is 15.0 Å². The summed E-state index contributed by atoms with van der Waals surface area (Å²) in [5, 5.41) is 5.45. The summed E-state index contributed by atoms with van der Waals surface area (Å²) in [4.78, 5) is 40.7. The van der Waals surface area contributed by atoms with Gasteiger partial charge in [0.1, 0.15) is 6.10 Å². The largest absolute Gasteiger partial charge is 0.368 e. The first-order chi connectivity index (χ1) is 14.0. The van der Waals surface area contributed by atoms with Crippen LogP contribution in [0.2, 0.25) is 0 Å². The van der Waals surface area contributed by atoms with Crippen LogP contribution in [0.5, 0.6) is 0 Å². The quantitative estimate of drug-likeness (QED) is 0.710. The van der Waals surface area contributed by atoms with Crippen LogP contribution in [0.25, 0.3) is 0 Å². The molecule has 29 heavy (non-hydrogen) atoms. The van der Waals surface area contributed by atoms with Crippen LogP contribution in [0.1, 0.15) is 45.4 Å². The first-order valence-electron chi connectivity index (χ1n) is 11.2. The number of hydrogen-bond acceptors (Lipinski definition) is 5. The van der Waals surface area contributed by atoms with Gasteiger partial charge in [0.15, 0.2) is 0 Å². The standard InChI is InChI=1S/C21H34N4O4/c1-14(17-12-15-4-5-16(17)11-15)22-21(28)23-19(26)13-24-6-8-25(9-7-24)20(27)18-3-2-10-29-18/h14-18H,2-13H2,1H3,(H2,22,23,26,28)/t14-,15-,16-,17-,18-/m0/s1. The summed E-state index contributed by atoms with van der Waals surface area (Å²) in [6.07, 6.45) is 6.59. The lowest BCUT2D eigenvalue weighted by atomic mass is 9.84. The van der Waals surface area contributed by atoms with Gasteiger partial charge in [-0.25, -0.2) is 4.79 Å². The molecule has 2 aliphatic heterocycles. The second kappa shape index (κ2) is 9.00. The number of fused-ring (bicyclic) bond motifs is 2. The zero-order chi connectivity index (χ0) is 20.4. The molecule has 0 radical (unpaired) electrons. The highest BCUT2D eigenvalue weighted by Gasteiger charge is 2.42. The Labute approximate surface area is 172 Å². The van der Waals surface area contributed by atoms with Gasteiger partial charge >= 0.3 is 6.03 Å². The monoisotopic (exact) mass is 406 g/mol. The number of amides is 4. The maximum Gasteiger partial charge on any atom is 0.321 e. The molecule has 8 nitrogen and oxygen atoms in total. The number of ether oxygens (including phenoxy) is 1. The van der Waals surface area contributed by atoms with E-state index in [1.807, 2.05) is 9.80 Å². The molecular formula is C21H34N4O4. The van der Waals surface area contributed by atoms with E-state index in [9.17, 15) is 14.4 Å². The molecule has 4 amide bonds. The molecule has 162 valence electrons. The molecule has 2 bridgehead atoms. The van der Waals surface area contributed by atoms with Gasteiger partial charge in [0.25, 0.3) is 5.91 Å². The van der Waals surface area contributed by atoms with E-state index in [-0.39, 0.29) is 30.5 Å². The lowest BCUT2D eigenvalue weighted by molar-refractivity contribution is -0.142. The summed E-state index contributed by atoms with van der Waals surface area (Å²) in [6.45, 7) is 5.36. The number of carbonyl (C=O) groups excluding carboxylic acids is 3. The highest BCUT2D eigenvalue weighted by molar-refractivity contribution is 5.95. The van der Waals surface area contributed by atoms with E-state index in [1.54, 1.807) is 0 Å². The van der Waals surface area contributed by atoms with Crippen molar-refractivity contribution in [2.45, 2.75) is 57.6 Å². The molecule has 2 saturated heterocycles. The third-order valence-corrected chi connectivity index (χ3v) is 7.30. The maximum absolute atomic E-state index is 12.4. The van der Waals surface area contributed by atoms with Gasteiger partial charge in [-0.2, -0.15) is 0 Å². The third kappa shape index (κ3) is 4.91. The van der Waals surface area contributed by atoms with Crippen LogP contribution in [0.4, 0.5) is 4.79 Å². The predicted molar refractivity (Wildman–Crippen MR) is 107 cm³/mol. The fourth-order valence-electron chi connectivity index (χ4n) is 5.73. The number of hydrogen-bond donors (Lipinski definition) is 2. The Morgan fingerprint density at radius 1 is 1.07 bits per heavy atom. The minimum atomic E-state index is -0.391. The van der Waals surface area contributed by atoms with Gasteiger partial charge in [-0.15, -0.1) is 0 Å². The average molecular weight is 407 g/mol. The minimum Gasteiger partial charge on any atom is -0.368 e. The van der Waals surface area contributed by atoms with Crippen molar-refractivity contribution in [1.29, 1.82) is 0 Å². The van der Waals surface area contributed by atoms with E-state index in [4.69, 9.17) is 4.74 Å². The van der Waals surface area contributed by atoms with Gasteiger partial charge in [-0.05, 0) is 56.8 Å². The van der Waals surface area contributed by atoms with Crippen LogP contribution in [-0.4, -0.2) is 79.1 Å². The van der Waals surface area contributed by atoms with Crippen LogP contribution in [0.15, 0.2) is 0 Å². The van der Waals surface area contributed by atoms with Crippen molar-refractivity contribution in [3.63, 3.8) is 0 Å². The molecule has 2 saturated carbocycles. The lowest BCUT2D eigenvalue weighted by Crippen LogP contribution is -2.54. The molecule has 4 aliphatic rings. The highest BCUT2D eigenvalue weighted by Crippen LogP contribution is 2.49. The van der Waals surface area contributed by atoms with Crippen LogP contribution in [0.3, 0.4) is 0 Å². The molecule has 0 spiro atoms. The fourth-order valence-corrected chi connectivity index (χ4v) is 5.73. The zero-order valence-corrected chi connectivity index (χ0v) is 17.4.